The van der Waals surface area contributed by atoms with Crippen LogP contribution in [0, 0.1) is 0 Å². The minimum Gasteiger partial charge on any atom is -0.486 e. The summed E-state index contributed by atoms with van der Waals surface area (Å²) < 4.78 is 15.4. The zero-order valence-corrected chi connectivity index (χ0v) is 11.9. The summed E-state index contributed by atoms with van der Waals surface area (Å²) in [5, 5.41) is 0. The van der Waals surface area contributed by atoms with Crippen molar-refractivity contribution in [1.82, 2.24) is 0 Å². The molecule has 0 radical (unpaired) electrons. The molecule has 1 aromatic carbocycles. The standard InChI is InChI=1S/C16H15NO5/c1-20-16(19)14-7-6-13(22-14)10-21-12-4-2-3-11(9-12)5-8-15(17)18/h2-9H,10H2,1H3,(H2,17,18)/b8-5-. The molecule has 0 fully saturated rings. The molecule has 1 heterocycles. The zero-order chi connectivity index (χ0) is 15.9. The number of carbonyl (C=O) groups is 2. The van der Waals surface area contributed by atoms with Crippen molar-refractivity contribution in [3.63, 3.8) is 0 Å². The van der Waals surface area contributed by atoms with E-state index in [-0.39, 0.29) is 12.4 Å². The van der Waals surface area contributed by atoms with Gasteiger partial charge in [-0.1, -0.05) is 12.1 Å². The van der Waals surface area contributed by atoms with E-state index >= 15 is 0 Å². The lowest BCUT2D eigenvalue weighted by Gasteiger charge is -2.05. The molecule has 22 heavy (non-hydrogen) atoms. The summed E-state index contributed by atoms with van der Waals surface area (Å²) in [4.78, 5) is 22.0. The number of hydrogen-bond acceptors (Lipinski definition) is 5. The van der Waals surface area contributed by atoms with Crippen LogP contribution in [0.1, 0.15) is 21.9 Å². The number of esters is 1. The van der Waals surface area contributed by atoms with Gasteiger partial charge in [-0.2, -0.15) is 0 Å². The van der Waals surface area contributed by atoms with Crippen molar-refractivity contribution >= 4 is 18.0 Å². The summed E-state index contributed by atoms with van der Waals surface area (Å²) >= 11 is 0. The van der Waals surface area contributed by atoms with Crippen LogP contribution in [0.2, 0.25) is 0 Å². The number of nitrogens with two attached hydrogens (primary N) is 1. The second-order valence-corrected chi connectivity index (χ2v) is 4.35. The van der Waals surface area contributed by atoms with Gasteiger partial charge in [0.1, 0.15) is 18.1 Å². The molecule has 0 unspecified atom stereocenters. The molecular weight excluding hydrogens is 286 g/mol. The van der Waals surface area contributed by atoms with E-state index in [1.165, 1.54) is 19.3 Å². The minimum atomic E-state index is -0.537. The molecule has 1 amide bonds. The van der Waals surface area contributed by atoms with Crippen LogP contribution in [0.4, 0.5) is 0 Å². The molecule has 0 atom stereocenters. The van der Waals surface area contributed by atoms with E-state index in [0.717, 1.165) is 5.56 Å². The van der Waals surface area contributed by atoms with E-state index in [9.17, 15) is 9.59 Å². The highest BCUT2D eigenvalue weighted by atomic mass is 16.5. The fourth-order valence-corrected chi connectivity index (χ4v) is 1.71. The first-order valence-corrected chi connectivity index (χ1v) is 6.46. The average Bonchev–Trinajstić information content (AvgIpc) is 2.99. The van der Waals surface area contributed by atoms with E-state index in [2.05, 4.69) is 4.74 Å². The summed E-state index contributed by atoms with van der Waals surface area (Å²) in [6, 6.07) is 10.3. The third-order valence-corrected chi connectivity index (χ3v) is 2.73. The molecule has 6 nitrogen and oxygen atoms in total. The third-order valence-electron chi connectivity index (χ3n) is 2.73. The van der Waals surface area contributed by atoms with Crippen molar-refractivity contribution in [3.05, 3.63) is 59.6 Å². The van der Waals surface area contributed by atoms with Crippen LogP contribution in [0.15, 0.2) is 46.9 Å². The van der Waals surface area contributed by atoms with Crippen molar-refractivity contribution in [2.24, 2.45) is 5.73 Å². The first-order chi connectivity index (χ1) is 10.6. The van der Waals surface area contributed by atoms with Crippen molar-refractivity contribution in [3.8, 4) is 5.75 Å². The van der Waals surface area contributed by atoms with E-state index in [1.807, 2.05) is 6.07 Å². The Morgan fingerprint density at radius 1 is 1.27 bits per heavy atom. The van der Waals surface area contributed by atoms with Crippen LogP contribution >= 0.6 is 0 Å². The quantitative estimate of drug-likeness (QED) is 0.652. The summed E-state index contributed by atoms with van der Waals surface area (Å²) in [6.45, 7) is 0.167. The Hall–Kier alpha value is -3.02. The topological polar surface area (TPSA) is 91.8 Å². The monoisotopic (exact) mass is 301 g/mol. The number of primary amides is 1. The third kappa shape index (κ3) is 4.24. The number of hydrogen-bond donors (Lipinski definition) is 1. The minimum absolute atomic E-state index is 0.124. The summed E-state index contributed by atoms with van der Waals surface area (Å²) in [6.07, 6.45) is 2.87. The first-order valence-electron chi connectivity index (χ1n) is 6.46. The van der Waals surface area contributed by atoms with E-state index in [0.29, 0.717) is 11.5 Å². The van der Waals surface area contributed by atoms with Crippen molar-refractivity contribution < 1.29 is 23.5 Å². The van der Waals surface area contributed by atoms with Gasteiger partial charge in [-0.25, -0.2) is 4.79 Å². The van der Waals surface area contributed by atoms with Crippen LogP contribution in [-0.2, 0) is 16.1 Å². The molecule has 0 saturated carbocycles. The number of rotatable bonds is 6. The van der Waals surface area contributed by atoms with Gasteiger partial charge in [-0.05, 0) is 35.9 Å². The number of ether oxygens (including phenoxy) is 2. The zero-order valence-electron chi connectivity index (χ0n) is 11.9. The second-order valence-electron chi connectivity index (χ2n) is 4.35. The molecule has 2 rings (SSSR count). The summed E-state index contributed by atoms with van der Waals surface area (Å²) in [5.41, 5.74) is 5.83. The fourth-order valence-electron chi connectivity index (χ4n) is 1.71. The average molecular weight is 301 g/mol. The van der Waals surface area contributed by atoms with E-state index < -0.39 is 11.9 Å². The lowest BCUT2D eigenvalue weighted by Crippen LogP contribution is -2.05. The maximum absolute atomic E-state index is 11.3. The van der Waals surface area contributed by atoms with Crippen LogP contribution in [0.5, 0.6) is 5.75 Å². The van der Waals surface area contributed by atoms with Crippen molar-refractivity contribution in [2.45, 2.75) is 6.61 Å². The van der Waals surface area contributed by atoms with Crippen molar-refractivity contribution in [1.29, 1.82) is 0 Å². The van der Waals surface area contributed by atoms with Crippen LogP contribution < -0.4 is 10.5 Å². The number of furan rings is 1. The molecule has 6 heteroatoms. The van der Waals surface area contributed by atoms with Gasteiger partial charge < -0.3 is 19.6 Å². The normalized spacial score (nSPS) is 10.6. The number of methoxy groups -OCH3 is 1. The van der Waals surface area contributed by atoms with Crippen LogP contribution in [0.25, 0.3) is 6.08 Å². The predicted octanol–water partition coefficient (Wildman–Crippen LogP) is 2.14. The highest BCUT2D eigenvalue weighted by Crippen LogP contribution is 2.17. The molecule has 0 aliphatic carbocycles. The Bertz CT molecular complexity index is 702. The Labute approximate surface area is 127 Å². The molecule has 2 aromatic rings. The molecule has 0 aliphatic rings. The molecule has 114 valence electrons. The smallest absolute Gasteiger partial charge is 0.373 e. The highest BCUT2D eigenvalue weighted by molar-refractivity contribution is 5.90. The Kier molecular flexibility index (Phi) is 4.98. The molecule has 0 bridgehead atoms. The van der Waals surface area contributed by atoms with Gasteiger partial charge in [-0.3, -0.25) is 4.79 Å². The van der Waals surface area contributed by atoms with Gasteiger partial charge in [0.15, 0.2) is 0 Å². The molecular formula is C16H15NO5. The number of carbonyl (C=O) groups excluding carboxylic acids is 2. The van der Waals surface area contributed by atoms with Gasteiger partial charge in [0.25, 0.3) is 0 Å². The second kappa shape index (κ2) is 7.12. The molecule has 2 N–H and O–H groups in total. The molecule has 0 spiro atoms. The van der Waals surface area contributed by atoms with E-state index in [1.54, 1.807) is 30.3 Å². The lowest BCUT2D eigenvalue weighted by molar-refractivity contribution is -0.113. The van der Waals surface area contributed by atoms with Gasteiger partial charge in [-0.15, -0.1) is 0 Å². The van der Waals surface area contributed by atoms with Crippen molar-refractivity contribution in [2.75, 3.05) is 7.11 Å². The molecule has 0 saturated heterocycles. The predicted molar refractivity (Wildman–Crippen MR) is 79.0 cm³/mol. The highest BCUT2D eigenvalue weighted by Gasteiger charge is 2.11. The fraction of sp³-hybridized carbons (Fsp3) is 0.125. The van der Waals surface area contributed by atoms with Gasteiger partial charge in [0.2, 0.25) is 11.7 Å². The van der Waals surface area contributed by atoms with Gasteiger partial charge >= 0.3 is 5.97 Å². The number of benzene rings is 1. The largest absolute Gasteiger partial charge is 0.486 e. The van der Waals surface area contributed by atoms with Crippen LogP contribution in [-0.4, -0.2) is 19.0 Å². The maximum atomic E-state index is 11.3. The molecule has 1 aromatic heterocycles. The Balaban J connectivity index is 1.99. The Morgan fingerprint density at radius 2 is 2.09 bits per heavy atom. The van der Waals surface area contributed by atoms with E-state index in [4.69, 9.17) is 14.9 Å². The summed E-state index contributed by atoms with van der Waals surface area (Å²) in [5.74, 6) is 0.169. The molecule has 0 aliphatic heterocycles. The lowest BCUT2D eigenvalue weighted by atomic mass is 10.2. The SMILES string of the molecule is COC(=O)c1ccc(COc2cccc(/C=C\C(N)=O)c2)o1. The number of amides is 1. The van der Waals surface area contributed by atoms with Gasteiger partial charge in [0, 0.05) is 6.08 Å². The summed E-state index contributed by atoms with van der Waals surface area (Å²) in [7, 11) is 1.28. The van der Waals surface area contributed by atoms with Crippen LogP contribution in [0.3, 0.4) is 0 Å². The first kappa shape index (κ1) is 15.4. The maximum Gasteiger partial charge on any atom is 0.373 e. The Morgan fingerprint density at radius 3 is 2.82 bits per heavy atom. The van der Waals surface area contributed by atoms with Gasteiger partial charge in [0.05, 0.1) is 7.11 Å².